The second-order valence-corrected chi connectivity index (χ2v) is 4.73. The van der Waals surface area contributed by atoms with E-state index < -0.39 is 11.5 Å². The van der Waals surface area contributed by atoms with Crippen LogP contribution in [0.25, 0.3) is 0 Å². The van der Waals surface area contributed by atoms with Crippen LogP contribution >= 0.6 is 0 Å². The van der Waals surface area contributed by atoms with Gasteiger partial charge in [0.15, 0.2) is 0 Å². The number of nitrogens with one attached hydrogen (secondary N) is 1. The van der Waals surface area contributed by atoms with Crippen LogP contribution in [0.1, 0.15) is 22.3 Å². The fourth-order valence-electron chi connectivity index (χ4n) is 1.91. The molecule has 5 heteroatoms. The van der Waals surface area contributed by atoms with Crippen molar-refractivity contribution < 1.29 is 19.7 Å². The maximum Gasteiger partial charge on any atom is 0.255 e. The summed E-state index contributed by atoms with van der Waals surface area (Å²) in [5.74, 6) is -0.454. The van der Waals surface area contributed by atoms with E-state index in [9.17, 15) is 15.0 Å². The molecule has 18 heavy (non-hydrogen) atoms. The SMILES string of the molecule is Cc1ccc(O)c(C(=O)NCC2(O)CCOC2)c1. The molecule has 1 aliphatic rings. The molecule has 0 aliphatic carbocycles. The molecule has 3 N–H and O–H groups in total. The Balaban J connectivity index is 2.01. The Morgan fingerprint density at radius 2 is 2.33 bits per heavy atom. The summed E-state index contributed by atoms with van der Waals surface area (Å²) in [6.07, 6.45) is 0.507. The molecule has 1 fully saturated rings. The summed E-state index contributed by atoms with van der Waals surface area (Å²) >= 11 is 0. The third-order valence-electron chi connectivity index (χ3n) is 3.06. The second kappa shape index (κ2) is 4.96. The van der Waals surface area contributed by atoms with Gasteiger partial charge in [-0.3, -0.25) is 4.79 Å². The Hall–Kier alpha value is -1.59. The molecule has 2 rings (SSSR count). The fourth-order valence-corrected chi connectivity index (χ4v) is 1.91. The summed E-state index contributed by atoms with van der Waals surface area (Å²) in [5, 5.41) is 22.2. The largest absolute Gasteiger partial charge is 0.507 e. The van der Waals surface area contributed by atoms with Crippen LogP contribution in [0.2, 0.25) is 0 Å². The predicted molar refractivity (Wildman–Crippen MR) is 65.6 cm³/mol. The molecule has 5 nitrogen and oxygen atoms in total. The molecule has 1 aliphatic heterocycles. The Morgan fingerprint density at radius 1 is 1.56 bits per heavy atom. The molecule has 1 saturated heterocycles. The normalized spacial score (nSPS) is 23.0. The predicted octanol–water partition coefficient (Wildman–Crippen LogP) is 0.582. The van der Waals surface area contributed by atoms with E-state index in [4.69, 9.17) is 4.74 Å². The van der Waals surface area contributed by atoms with Gasteiger partial charge in [0.05, 0.1) is 12.2 Å². The summed E-state index contributed by atoms with van der Waals surface area (Å²) in [6.45, 7) is 2.70. The molecular weight excluding hydrogens is 234 g/mol. The first-order valence-corrected chi connectivity index (χ1v) is 5.88. The van der Waals surface area contributed by atoms with Crippen LogP contribution < -0.4 is 5.32 Å². The van der Waals surface area contributed by atoms with Crippen molar-refractivity contribution in [2.45, 2.75) is 18.9 Å². The first kappa shape index (κ1) is 12.9. The van der Waals surface area contributed by atoms with E-state index in [0.29, 0.717) is 13.0 Å². The van der Waals surface area contributed by atoms with Crippen LogP contribution in [-0.2, 0) is 4.74 Å². The lowest BCUT2D eigenvalue weighted by atomic mass is 10.0. The Morgan fingerprint density at radius 3 is 3.00 bits per heavy atom. The number of hydrogen-bond donors (Lipinski definition) is 3. The molecule has 0 spiro atoms. The van der Waals surface area contributed by atoms with Gasteiger partial charge in [-0.05, 0) is 19.1 Å². The number of aromatic hydroxyl groups is 1. The topological polar surface area (TPSA) is 78.8 Å². The molecule has 0 saturated carbocycles. The number of rotatable bonds is 3. The van der Waals surface area contributed by atoms with E-state index in [2.05, 4.69) is 5.32 Å². The number of carbonyl (C=O) groups excluding carboxylic acids is 1. The van der Waals surface area contributed by atoms with Gasteiger partial charge >= 0.3 is 0 Å². The number of hydrogen-bond acceptors (Lipinski definition) is 4. The molecule has 98 valence electrons. The highest BCUT2D eigenvalue weighted by atomic mass is 16.5. The van der Waals surface area contributed by atoms with E-state index >= 15 is 0 Å². The summed E-state index contributed by atoms with van der Waals surface area (Å²) in [6, 6.07) is 4.82. The van der Waals surface area contributed by atoms with Gasteiger partial charge < -0.3 is 20.3 Å². The van der Waals surface area contributed by atoms with Crippen molar-refractivity contribution in [3.05, 3.63) is 29.3 Å². The molecule has 0 aromatic heterocycles. The highest BCUT2D eigenvalue weighted by molar-refractivity contribution is 5.97. The number of amides is 1. The minimum Gasteiger partial charge on any atom is -0.507 e. The van der Waals surface area contributed by atoms with Gasteiger partial charge in [-0.25, -0.2) is 0 Å². The van der Waals surface area contributed by atoms with E-state index in [1.54, 1.807) is 12.1 Å². The number of benzene rings is 1. The Labute approximate surface area is 105 Å². The van der Waals surface area contributed by atoms with Crippen LogP contribution in [-0.4, -0.2) is 41.5 Å². The van der Waals surface area contributed by atoms with Gasteiger partial charge in [0.25, 0.3) is 5.91 Å². The molecule has 1 heterocycles. The average molecular weight is 251 g/mol. The van der Waals surface area contributed by atoms with E-state index in [1.165, 1.54) is 6.07 Å². The number of ether oxygens (including phenoxy) is 1. The van der Waals surface area contributed by atoms with Gasteiger partial charge in [-0.15, -0.1) is 0 Å². The zero-order chi connectivity index (χ0) is 13.2. The summed E-state index contributed by atoms with van der Waals surface area (Å²) < 4.78 is 5.09. The third-order valence-corrected chi connectivity index (χ3v) is 3.06. The van der Waals surface area contributed by atoms with Crippen LogP contribution in [0.4, 0.5) is 0 Å². The van der Waals surface area contributed by atoms with Gasteiger partial charge in [-0.2, -0.15) is 0 Å². The molecule has 1 aromatic rings. The monoisotopic (exact) mass is 251 g/mol. The standard InChI is InChI=1S/C13H17NO4/c1-9-2-3-11(15)10(6-9)12(16)14-7-13(17)4-5-18-8-13/h2-3,6,15,17H,4-5,7-8H2,1H3,(H,14,16). The summed E-state index contributed by atoms with van der Waals surface area (Å²) in [5.41, 5.74) is 0.119. The third kappa shape index (κ3) is 2.80. The van der Waals surface area contributed by atoms with Gasteiger partial charge in [0.2, 0.25) is 0 Å². The first-order chi connectivity index (χ1) is 8.50. The Bertz CT molecular complexity index is 452. The zero-order valence-corrected chi connectivity index (χ0v) is 10.3. The van der Waals surface area contributed by atoms with E-state index in [-0.39, 0.29) is 24.5 Å². The Kier molecular flexibility index (Phi) is 3.54. The first-order valence-electron chi connectivity index (χ1n) is 5.88. The van der Waals surface area contributed by atoms with Gasteiger partial charge in [-0.1, -0.05) is 11.6 Å². The molecule has 0 radical (unpaired) electrons. The number of phenolic OH excluding ortho intramolecular Hbond substituents is 1. The molecule has 1 aromatic carbocycles. The molecule has 1 amide bonds. The number of aliphatic hydroxyl groups is 1. The minimum absolute atomic E-state index is 0.0623. The van der Waals surface area contributed by atoms with E-state index in [1.807, 2.05) is 6.92 Å². The smallest absolute Gasteiger partial charge is 0.255 e. The number of phenols is 1. The lowest BCUT2D eigenvalue weighted by Gasteiger charge is -2.20. The fraction of sp³-hybridized carbons (Fsp3) is 0.462. The summed E-state index contributed by atoms with van der Waals surface area (Å²) in [7, 11) is 0. The van der Waals surface area contributed by atoms with Crippen molar-refractivity contribution in [2.24, 2.45) is 0 Å². The maximum absolute atomic E-state index is 11.9. The van der Waals surface area contributed by atoms with Crippen molar-refractivity contribution in [3.8, 4) is 5.75 Å². The number of carbonyl (C=O) groups is 1. The lowest BCUT2D eigenvalue weighted by molar-refractivity contribution is 0.0264. The van der Waals surface area contributed by atoms with E-state index in [0.717, 1.165) is 5.56 Å². The second-order valence-electron chi connectivity index (χ2n) is 4.73. The van der Waals surface area contributed by atoms with Gasteiger partial charge in [0, 0.05) is 19.6 Å². The number of aryl methyl sites for hydroxylation is 1. The van der Waals surface area contributed by atoms with Crippen LogP contribution in [0.3, 0.4) is 0 Å². The lowest BCUT2D eigenvalue weighted by Crippen LogP contribution is -2.43. The van der Waals surface area contributed by atoms with Crippen molar-refractivity contribution >= 4 is 5.91 Å². The van der Waals surface area contributed by atoms with Crippen molar-refractivity contribution in [1.29, 1.82) is 0 Å². The van der Waals surface area contributed by atoms with Crippen molar-refractivity contribution in [1.82, 2.24) is 5.32 Å². The highest BCUT2D eigenvalue weighted by Crippen LogP contribution is 2.20. The highest BCUT2D eigenvalue weighted by Gasteiger charge is 2.32. The quantitative estimate of drug-likeness (QED) is 0.734. The molecule has 1 atom stereocenters. The molecule has 1 unspecified atom stereocenters. The van der Waals surface area contributed by atoms with Crippen molar-refractivity contribution in [2.75, 3.05) is 19.8 Å². The van der Waals surface area contributed by atoms with Gasteiger partial charge in [0.1, 0.15) is 11.4 Å². The zero-order valence-electron chi connectivity index (χ0n) is 10.3. The maximum atomic E-state index is 11.9. The summed E-state index contributed by atoms with van der Waals surface area (Å²) in [4.78, 5) is 11.9. The molecule has 0 bridgehead atoms. The van der Waals surface area contributed by atoms with Crippen LogP contribution in [0, 0.1) is 6.92 Å². The molecular formula is C13H17NO4. The van der Waals surface area contributed by atoms with Crippen LogP contribution in [0.5, 0.6) is 5.75 Å². The van der Waals surface area contributed by atoms with Crippen molar-refractivity contribution in [3.63, 3.8) is 0 Å². The minimum atomic E-state index is -0.991. The van der Waals surface area contributed by atoms with Crippen LogP contribution in [0.15, 0.2) is 18.2 Å². The average Bonchev–Trinajstić information content (AvgIpc) is 2.77.